The first-order valence-electron chi connectivity index (χ1n) is 5.60. The third-order valence-corrected chi connectivity index (χ3v) is 3.35. The average molecular weight is 209 g/mol. The Morgan fingerprint density at radius 3 is 2.87 bits per heavy atom. The van der Waals surface area contributed by atoms with Gasteiger partial charge >= 0.3 is 0 Å². The lowest BCUT2D eigenvalue weighted by Crippen LogP contribution is -2.24. The molecule has 0 spiro atoms. The molecule has 1 aliphatic rings. The number of aryl methyl sites for hydroxylation is 1. The van der Waals surface area contributed by atoms with Crippen LogP contribution in [-0.4, -0.2) is 18.3 Å². The van der Waals surface area contributed by atoms with Crippen LogP contribution in [0.1, 0.15) is 30.6 Å². The summed E-state index contributed by atoms with van der Waals surface area (Å²) in [6, 6.07) is 1.98. The van der Waals surface area contributed by atoms with E-state index >= 15 is 0 Å². The lowest BCUT2D eigenvalue weighted by molar-refractivity contribution is 0.244. The first kappa shape index (κ1) is 10.7. The van der Waals surface area contributed by atoms with Crippen molar-refractivity contribution in [1.82, 2.24) is 5.32 Å². The van der Waals surface area contributed by atoms with Gasteiger partial charge in [-0.25, -0.2) is 0 Å². The molecule has 15 heavy (non-hydrogen) atoms. The van der Waals surface area contributed by atoms with Crippen LogP contribution in [0.5, 0.6) is 0 Å². The molecule has 2 rings (SSSR count). The number of furan rings is 1. The van der Waals surface area contributed by atoms with Crippen LogP contribution in [-0.2, 0) is 6.54 Å². The summed E-state index contributed by atoms with van der Waals surface area (Å²) in [7, 11) is 0. The summed E-state index contributed by atoms with van der Waals surface area (Å²) < 4.78 is 5.35. The van der Waals surface area contributed by atoms with Crippen LogP contribution < -0.4 is 5.32 Å². The van der Waals surface area contributed by atoms with Gasteiger partial charge in [0, 0.05) is 13.2 Å². The van der Waals surface area contributed by atoms with E-state index in [1.807, 2.05) is 6.07 Å². The Morgan fingerprint density at radius 1 is 1.53 bits per heavy atom. The molecule has 0 aromatic carbocycles. The third kappa shape index (κ3) is 2.61. The molecule has 1 aromatic heterocycles. The summed E-state index contributed by atoms with van der Waals surface area (Å²) in [5.74, 6) is 1.02. The first-order chi connectivity index (χ1) is 7.26. The molecule has 84 valence electrons. The molecule has 0 radical (unpaired) electrons. The van der Waals surface area contributed by atoms with Crippen molar-refractivity contribution in [2.75, 3.05) is 13.2 Å². The molecule has 0 saturated heterocycles. The minimum Gasteiger partial charge on any atom is -0.468 e. The van der Waals surface area contributed by atoms with Gasteiger partial charge < -0.3 is 14.8 Å². The monoisotopic (exact) mass is 209 g/mol. The fourth-order valence-corrected chi connectivity index (χ4v) is 1.96. The van der Waals surface area contributed by atoms with E-state index in [0.29, 0.717) is 12.0 Å². The Bertz CT molecular complexity index is 315. The van der Waals surface area contributed by atoms with Crippen molar-refractivity contribution in [3.05, 3.63) is 23.7 Å². The van der Waals surface area contributed by atoms with Crippen LogP contribution in [0.4, 0.5) is 0 Å². The minimum atomic E-state index is 0.307. The van der Waals surface area contributed by atoms with Crippen LogP contribution in [0.3, 0.4) is 0 Å². The molecule has 1 saturated carbocycles. The summed E-state index contributed by atoms with van der Waals surface area (Å²) in [4.78, 5) is 0. The van der Waals surface area contributed by atoms with E-state index in [9.17, 15) is 0 Å². The second-order valence-corrected chi connectivity index (χ2v) is 4.60. The zero-order valence-corrected chi connectivity index (χ0v) is 9.25. The predicted octanol–water partition coefficient (Wildman–Crippen LogP) is 1.84. The summed E-state index contributed by atoms with van der Waals surface area (Å²) >= 11 is 0. The second kappa shape index (κ2) is 4.37. The van der Waals surface area contributed by atoms with E-state index in [0.717, 1.165) is 25.3 Å². The number of aliphatic hydroxyl groups excluding tert-OH is 1. The first-order valence-corrected chi connectivity index (χ1v) is 5.60. The highest BCUT2D eigenvalue weighted by Crippen LogP contribution is 2.47. The molecule has 1 fully saturated rings. The van der Waals surface area contributed by atoms with Gasteiger partial charge in [-0.15, -0.1) is 0 Å². The largest absolute Gasteiger partial charge is 0.468 e. The fraction of sp³-hybridized carbons (Fsp3) is 0.667. The van der Waals surface area contributed by atoms with Gasteiger partial charge in [0.25, 0.3) is 0 Å². The number of aliphatic hydroxyl groups is 1. The maximum Gasteiger partial charge on any atom is 0.120 e. The molecule has 0 amide bonds. The van der Waals surface area contributed by atoms with E-state index in [2.05, 4.69) is 12.2 Å². The SMILES string of the molecule is Cc1ccoc1CNCC1(CCO)CC1. The highest BCUT2D eigenvalue weighted by Gasteiger charge is 2.41. The Balaban J connectivity index is 1.73. The molecule has 1 aliphatic carbocycles. The molecule has 3 nitrogen and oxygen atoms in total. The summed E-state index contributed by atoms with van der Waals surface area (Å²) in [5, 5.41) is 12.3. The van der Waals surface area contributed by atoms with Gasteiger partial charge in [0.05, 0.1) is 12.8 Å². The van der Waals surface area contributed by atoms with Gasteiger partial charge in [0.2, 0.25) is 0 Å². The number of hydrogen-bond donors (Lipinski definition) is 2. The number of hydrogen-bond acceptors (Lipinski definition) is 3. The van der Waals surface area contributed by atoms with Gasteiger partial charge in [-0.05, 0) is 43.2 Å². The fourth-order valence-electron chi connectivity index (χ4n) is 1.96. The number of rotatable bonds is 6. The second-order valence-electron chi connectivity index (χ2n) is 4.60. The Kier molecular flexibility index (Phi) is 3.12. The maximum absolute atomic E-state index is 8.92. The predicted molar refractivity (Wildman–Crippen MR) is 58.5 cm³/mol. The normalized spacial score (nSPS) is 18.0. The van der Waals surface area contributed by atoms with Gasteiger partial charge in [0.1, 0.15) is 5.76 Å². The minimum absolute atomic E-state index is 0.307. The van der Waals surface area contributed by atoms with Crippen molar-refractivity contribution in [2.24, 2.45) is 5.41 Å². The Hall–Kier alpha value is -0.800. The zero-order chi connectivity index (χ0) is 10.7. The van der Waals surface area contributed by atoms with Crippen molar-refractivity contribution in [3.63, 3.8) is 0 Å². The van der Waals surface area contributed by atoms with Crippen molar-refractivity contribution in [2.45, 2.75) is 32.7 Å². The van der Waals surface area contributed by atoms with Gasteiger partial charge in [-0.2, -0.15) is 0 Å². The smallest absolute Gasteiger partial charge is 0.120 e. The van der Waals surface area contributed by atoms with Gasteiger partial charge in [-0.1, -0.05) is 0 Å². The van der Waals surface area contributed by atoms with Crippen LogP contribution >= 0.6 is 0 Å². The lowest BCUT2D eigenvalue weighted by atomic mass is 10.0. The molecule has 0 unspecified atom stereocenters. The van der Waals surface area contributed by atoms with Crippen LogP contribution in [0, 0.1) is 12.3 Å². The highest BCUT2D eigenvalue weighted by molar-refractivity contribution is 5.14. The topological polar surface area (TPSA) is 45.4 Å². The van der Waals surface area contributed by atoms with E-state index < -0.39 is 0 Å². The standard InChI is InChI=1S/C12H19NO2/c1-10-2-7-15-11(10)8-13-9-12(3-4-12)5-6-14/h2,7,13-14H,3-6,8-9H2,1H3. The van der Waals surface area contributed by atoms with Crippen molar-refractivity contribution >= 4 is 0 Å². The quantitative estimate of drug-likeness (QED) is 0.751. The molecule has 3 heteroatoms. The molecule has 1 heterocycles. The summed E-state index contributed by atoms with van der Waals surface area (Å²) in [6.07, 6.45) is 5.15. The zero-order valence-electron chi connectivity index (χ0n) is 9.25. The number of nitrogens with one attached hydrogen (secondary N) is 1. The molecule has 0 atom stereocenters. The van der Waals surface area contributed by atoms with E-state index in [4.69, 9.17) is 9.52 Å². The van der Waals surface area contributed by atoms with E-state index in [-0.39, 0.29) is 0 Å². The van der Waals surface area contributed by atoms with Crippen LogP contribution in [0.25, 0.3) is 0 Å². The molecule has 2 N–H and O–H groups in total. The van der Waals surface area contributed by atoms with Gasteiger partial charge in [-0.3, -0.25) is 0 Å². The maximum atomic E-state index is 8.92. The molecule has 0 aliphatic heterocycles. The van der Waals surface area contributed by atoms with Crippen LogP contribution in [0.2, 0.25) is 0 Å². The van der Waals surface area contributed by atoms with Crippen LogP contribution in [0.15, 0.2) is 16.7 Å². The van der Waals surface area contributed by atoms with Crippen molar-refractivity contribution in [3.8, 4) is 0 Å². The lowest BCUT2D eigenvalue weighted by Gasteiger charge is -2.13. The Morgan fingerprint density at radius 2 is 2.33 bits per heavy atom. The van der Waals surface area contributed by atoms with Crippen molar-refractivity contribution in [1.29, 1.82) is 0 Å². The van der Waals surface area contributed by atoms with Gasteiger partial charge in [0.15, 0.2) is 0 Å². The summed E-state index contributed by atoms with van der Waals surface area (Å²) in [6.45, 7) is 4.16. The molecule has 1 aromatic rings. The third-order valence-electron chi connectivity index (χ3n) is 3.35. The van der Waals surface area contributed by atoms with Crippen molar-refractivity contribution < 1.29 is 9.52 Å². The van der Waals surface area contributed by atoms with E-state index in [1.54, 1.807) is 6.26 Å². The highest BCUT2D eigenvalue weighted by atomic mass is 16.3. The Labute approximate surface area is 90.5 Å². The molecule has 0 bridgehead atoms. The average Bonchev–Trinajstić information content (AvgIpc) is 2.85. The van der Waals surface area contributed by atoms with E-state index in [1.165, 1.54) is 18.4 Å². The molecular formula is C12H19NO2. The molecular weight excluding hydrogens is 190 g/mol. The summed E-state index contributed by atoms with van der Waals surface area (Å²) in [5.41, 5.74) is 1.59.